The van der Waals surface area contributed by atoms with Crippen molar-refractivity contribution < 1.29 is 14.6 Å². The molecule has 1 aliphatic carbocycles. The molecule has 0 saturated carbocycles. The molecule has 0 spiro atoms. The van der Waals surface area contributed by atoms with E-state index in [4.69, 9.17) is 10.5 Å². The van der Waals surface area contributed by atoms with Crippen molar-refractivity contribution in [1.82, 2.24) is 0 Å². The minimum atomic E-state index is -0.364. The fourth-order valence-electron chi connectivity index (χ4n) is 1.93. The summed E-state index contributed by atoms with van der Waals surface area (Å²) in [5.74, 6) is 0.366. The molecule has 2 rings (SSSR count). The lowest BCUT2D eigenvalue weighted by Gasteiger charge is -2.08. The number of amides is 1. The molecule has 86 valence electrons. The van der Waals surface area contributed by atoms with Gasteiger partial charge >= 0.3 is 0 Å². The summed E-state index contributed by atoms with van der Waals surface area (Å²) in [4.78, 5) is 10.5. The average molecular weight is 221 g/mol. The van der Waals surface area contributed by atoms with Gasteiger partial charge in [0.25, 0.3) is 0 Å². The first-order chi connectivity index (χ1) is 7.66. The topological polar surface area (TPSA) is 72.6 Å². The highest BCUT2D eigenvalue weighted by Gasteiger charge is 2.20. The van der Waals surface area contributed by atoms with Crippen LogP contribution in [0, 0.1) is 0 Å². The Morgan fingerprint density at radius 2 is 2.38 bits per heavy atom. The molecule has 0 radical (unpaired) electrons. The van der Waals surface area contributed by atoms with E-state index in [-0.39, 0.29) is 18.4 Å². The molecule has 1 atom stereocenters. The highest BCUT2D eigenvalue weighted by atomic mass is 16.5. The number of fused-ring (bicyclic) bond motifs is 1. The van der Waals surface area contributed by atoms with Gasteiger partial charge in [0.1, 0.15) is 5.75 Å². The molecule has 0 bridgehead atoms. The maximum Gasteiger partial charge on any atom is 0.220 e. The average Bonchev–Trinajstić information content (AvgIpc) is 2.60. The molecule has 0 saturated heterocycles. The number of hydrogen-bond donors (Lipinski definition) is 2. The third-order valence-corrected chi connectivity index (χ3v) is 2.78. The second-order valence-electron chi connectivity index (χ2n) is 3.98. The lowest BCUT2D eigenvalue weighted by molar-refractivity contribution is -0.118. The van der Waals surface area contributed by atoms with Crippen molar-refractivity contribution in [2.75, 3.05) is 6.61 Å². The standard InChI is InChI=1S/C12H15NO3/c13-12(15)5-6-16-9-2-3-10-8(7-9)1-4-11(10)14/h2-3,7,11,14H,1,4-6H2,(H2,13,15)/t11-/m1/s1. The molecule has 1 aromatic rings. The van der Waals surface area contributed by atoms with Gasteiger partial charge in [-0.15, -0.1) is 0 Å². The molecule has 16 heavy (non-hydrogen) atoms. The zero-order valence-corrected chi connectivity index (χ0v) is 8.98. The third kappa shape index (κ3) is 2.33. The van der Waals surface area contributed by atoms with E-state index < -0.39 is 0 Å². The number of carbonyl (C=O) groups is 1. The van der Waals surface area contributed by atoms with E-state index in [9.17, 15) is 9.90 Å². The quantitative estimate of drug-likeness (QED) is 0.794. The van der Waals surface area contributed by atoms with Crippen molar-refractivity contribution in [2.24, 2.45) is 5.73 Å². The number of carbonyl (C=O) groups excluding carboxylic acids is 1. The highest BCUT2D eigenvalue weighted by Crippen LogP contribution is 2.33. The molecule has 1 aromatic carbocycles. The summed E-state index contributed by atoms with van der Waals surface area (Å²) in [5.41, 5.74) is 7.13. The zero-order valence-electron chi connectivity index (χ0n) is 8.98. The first-order valence-corrected chi connectivity index (χ1v) is 5.39. The summed E-state index contributed by atoms with van der Waals surface area (Å²) in [6, 6.07) is 5.62. The minimum absolute atomic E-state index is 0.222. The van der Waals surface area contributed by atoms with E-state index in [2.05, 4.69) is 0 Å². The van der Waals surface area contributed by atoms with Gasteiger partial charge < -0.3 is 15.6 Å². The normalized spacial score (nSPS) is 18.2. The summed E-state index contributed by atoms with van der Waals surface area (Å²) in [7, 11) is 0. The van der Waals surface area contributed by atoms with Gasteiger partial charge in [-0.05, 0) is 36.1 Å². The van der Waals surface area contributed by atoms with Crippen molar-refractivity contribution in [3.05, 3.63) is 29.3 Å². The largest absolute Gasteiger partial charge is 0.493 e. The van der Waals surface area contributed by atoms with Crippen LogP contribution in [0.5, 0.6) is 5.75 Å². The molecule has 0 heterocycles. The van der Waals surface area contributed by atoms with Crippen molar-refractivity contribution in [2.45, 2.75) is 25.4 Å². The Morgan fingerprint density at radius 1 is 1.56 bits per heavy atom. The number of rotatable bonds is 4. The van der Waals surface area contributed by atoms with Gasteiger partial charge in [0.15, 0.2) is 0 Å². The van der Waals surface area contributed by atoms with Gasteiger partial charge in [-0.3, -0.25) is 4.79 Å². The molecule has 4 nitrogen and oxygen atoms in total. The van der Waals surface area contributed by atoms with Crippen molar-refractivity contribution in [1.29, 1.82) is 0 Å². The summed E-state index contributed by atoms with van der Waals surface area (Å²) in [6.45, 7) is 0.302. The molecular weight excluding hydrogens is 206 g/mol. The van der Waals surface area contributed by atoms with Crippen LogP contribution in [0.25, 0.3) is 0 Å². The van der Waals surface area contributed by atoms with Crippen molar-refractivity contribution in [3.63, 3.8) is 0 Å². The summed E-state index contributed by atoms with van der Waals surface area (Å²) in [6.07, 6.45) is 1.54. The number of ether oxygens (including phenoxy) is 1. The second-order valence-corrected chi connectivity index (χ2v) is 3.98. The molecule has 0 unspecified atom stereocenters. The van der Waals surface area contributed by atoms with Gasteiger partial charge in [0, 0.05) is 0 Å². The number of aliphatic hydroxyl groups excluding tert-OH is 1. The molecule has 0 aliphatic heterocycles. The van der Waals surface area contributed by atoms with Crippen LogP contribution < -0.4 is 10.5 Å². The Hall–Kier alpha value is -1.55. The number of primary amides is 1. The van der Waals surface area contributed by atoms with E-state index in [0.29, 0.717) is 6.61 Å². The predicted octanol–water partition coefficient (Wildman–Crippen LogP) is 0.920. The monoisotopic (exact) mass is 221 g/mol. The SMILES string of the molecule is NC(=O)CCOc1ccc2c(c1)CC[C@H]2O. The maximum absolute atomic E-state index is 10.5. The van der Waals surface area contributed by atoms with Gasteiger partial charge in [-0.1, -0.05) is 6.07 Å². The Morgan fingerprint density at radius 3 is 3.12 bits per heavy atom. The van der Waals surface area contributed by atoms with E-state index in [1.54, 1.807) is 0 Å². The van der Waals surface area contributed by atoms with Crippen LogP contribution in [0.15, 0.2) is 18.2 Å². The van der Waals surface area contributed by atoms with Crippen molar-refractivity contribution in [3.8, 4) is 5.75 Å². The number of hydrogen-bond acceptors (Lipinski definition) is 3. The van der Waals surface area contributed by atoms with E-state index in [1.807, 2.05) is 18.2 Å². The first-order valence-electron chi connectivity index (χ1n) is 5.39. The number of benzene rings is 1. The summed E-state index contributed by atoms with van der Waals surface area (Å²) < 4.78 is 5.39. The third-order valence-electron chi connectivity index (χ3n) is 2.78. The van der Waals surface area contributed by atoms with Gasteiger partial charge in [-0.2, -0.15) is 0 Å². The molecule has 1 amide bonds. The van der Waals surface area contributed by atoms with Crippen molar-refractivity contribution >= 4 is 5.91 Å². The van der Waals surface area contributed by atoms with E-state index in [1.165, 1.54) is 0 Å². The fourth-order valence-corrected chi connectivity index (χ4v) is 1.93. The van der Waals surface area contributed by atoms with E-state index >= 15 is 0 Å². The number of nitrogens with two attached hydrogens (primary N) is 1. The highest BCUT2D eigenvalue weighted by molar-refractivity contribution is 5.73. The van der Waals surface area contributed by atoms with Crippen LogP contribution in [0.1, 0.15) is 30.1 Å². The van der Waals surface area contributed by atoms with Crippen LogP contribution in [0.2, 0.25) is 0 Å². The summed E-state index contributed by atoms with van der Waals surface area (Å²) in [5, 5.41) is 9.62. The summed E-state index contributed by atoms with van der Waals surface area (Å²) >= 11 is 0. The van der Waals surface area contributed by atoms with Crippen LogP contribution >= 0.6 is 0 Å². The van der Waals surface area contributed by atoms with Gasteiger partial charge in [0.2, 0.25) is 5.91 Å². The Bertz CT molecular complexity index is 403. The van der Waals surface area contributed by atoms with Crippen LogP contribution in [-0.4, -0.2) is 17.6 Å². The second kappa shape index (κ2) is 4.53. The molecule has 0 aromatic heterocycles. The molecule has 1 aliphatic rings. The smallest absolute Gasteiger partial charge is 0.220 e. The lowest BCUT2D eigenvalue weighted by Crippen LogP contribution is -2.14. The van der Waals surface area contributed by atoms with Gasteiger partial charge in [0.05, 0.1) is 19.1 Å². The maximum atomic E-state index is 10.5. The van der Waals surface area contributed by atoms with Crippen LogP contribution in [-0.2, 0) is 11.2 Å². The Balaban J connectivity index is 1.99. The molecule has 4 heteroatoms. The minimum Gasteiger partial charge on any atom is -0.493 e. The molecule has 0 fully saturated rings. The number of aryl methyl sites for hydroxylation is 1. The lowest BCUT2D eigenvalue weighted by atomic mass is 10.1. The molecular formula is C12H15NO3. The van der Waals surface area contributed by atoms with E-state index in [0.717, 1.165) is 29.7 Å². The first kappa shape index (κ1) is 11.0. The van der Waals surface area contributed by atoms with Crippen LogP contribution in [0.3, 0.4) is 0 Å². The zero-order chi connectivity index (χ0) is 11.5. The predicted molar refractivity (Wildman–Crippen MR) is 59.0 cm³/mol. The van der Waals surface area contributed by atoms with Gasteiger partial charge in [-0.25, -0.2) is 0 Å². The fraction of sp³-hybridized carbons (Fsp3) is 0.417. The Labute approximate surface area is 94.0 Å². The Kier molecular flexibility index (Phi) is 3.10. The number of aliphatic hydroxyl groups is 1. The molecule has 3 N–H and O–H groups in total. The van der Waals surface area contributed by atoms with Crippen LogP contribution in [0.4, 0.5) is 0 Å².